The summed E-state index contributed by atoms with van der Waals surface area (Å²) < 4.78 is 0. The second-order valence-corrected chi connectivity index (χ2v) is 7.87. The minimum atomic E-state index is -0.527. The zero-order valence-corrected chi connectivity index (χ0v) is 17.1. The van der Waals surface area contributed by atoms with Gasteiger partial charge in [0, 0.05) is 17.7 Å². The van der Waals surface area contributed by atoms with Crippen LogP contribution in [-0.4, -0.2) is 37.9 Å². The van der Waals surface area contributed by atoms with Crippen LogP contribution in [0.4, 0.5) is 17.2 Å². The Morgan fingerprint density at radius 3 is 2.52 bits per heavy atom. The van der Waals surface area contributed by atoms with Crippen molar-refractivity contribution in [3.8, 4) is 0 Å². The van der Waals surface area contributed by atoms with E-state index in [9.17, 15) is 24.5 Å². The van der Waals surface area contributed by atoms with Gasteiger partial charge in [0.15, 0.2) is 5.82 Å². The number of carbonyl (C=O) groups excluding carboxylic acids is 3. The third-order valence-electron chi connectivity index (χ3n) is 5.86. The zero-order valence-electron chi connectivity index (χ0n) is 17.1. The number of H-pyrrole nitrogens is 1. The Hall–Kier alpha value is -4.54. The molecule has 1 aromatic heterocycles. The molecule has 0 bridgehead atoms. The lowest BCUT2D eigenvalue weighted by molar-refractivity contribution is -0.384. The van der Waals surface area contributed by atoms with E-state index in [-0.39, 0.29) is 40.7 Å². The van der Waals surface area contributed by atoms with E-state index in [1.807, 2.05) is 12.2 Å². The fraction of sp³-hybridized carbons (Fsp3) is 0.182. The molecule has 1 aliphatic heterocycles. The van der Waals surface area contributed by atoms with E-state index in [4.69, 9.17) is 0 Å². The van der Waals surface area contributed by atoms with E-state index in [0.717, 1.165) is 5.01 Å². The number of benzene rings is 2. The molecular formula is C22H18N6O5. The number of rotatable bonds is 5. The number of nitrogens with one attached hydrogen (secondary N) is 3. The van der Waals surface area contributed by atoms with Crippen LogP contribution in [0.25, 0.3) is 10.9 Å². The summed E-state index contributed by atoms with van der Waals surface area (Å²) in [7, 11) is 0. The average molecular weight is 446 g/mol. The van der Waals surface area contributed by atoms with Crippen LogP contribution >= 0.6 is 0 Å². The van der Waals surface area contributed by atoms with Crippen LogP contribution in [0.15, 0.2) is 54.6 Å². The molecule has 3 amide bonds. The van der Waals surface area contributed by atoms with Crippen LogP contribution in [0.1, 0.15) is 23.2 Å². The fourth-order valence-corrected chi connectivity index (χ4v) is 4.16. The number of allylic oxidation sites excluding steroid dienone is 2. The molecule has 166 valence electrons. The number of hydrogen-bond acceptors (Lipinski definition) is 7. The van der Waals surface area contributed by atoms with Crippen molar-refractivity contribution in [2.75, 3.05) is 10.7 Å². The van der Waals surface area contributed by atoms with Gasteiger partial charge in [0.1, 0.15) is 0 Å². The highest BCUT2D eigenvalue weighted by atomic mass is 16.6. The normalized spacial score (nSPS) is 19.6. The van der Waals surface area contributed by atoms with Crippen molar-refractivity contribution >= 4 is 45.8 Å². The summed E-state index contributed by atoms with van der Waals surface area (Å²) >= 11 is 0. The van der Waals surface area contributed by atoms with Crippen molar-refractivity contribution in [2.45, 2.75) is 12.8 Å². The van der Waals surface area contributed by atoms with Crippen LogP contribution in [0.2, 0.25) is 0 Å². The molecule has 1 aliphatic carbocycles. The summed E-state index contributed by atoms with van der Waals surface area (Å²) in [6, 6.07) is 10.5. The lowest BCUT2D eigenvalue weighted by atomic mass is 9.85. The number of imide groups is 1. The van der Waals surface area contributed by atoms with E-state index in [1.54, 1.807) is 18.2 Å². The highest BCUT2D eigenvalue weighted by Crippen LogP contribution is 2.35. The monoisotopic (exact) mass is 446 g/mol. The molecule has 0 unspecified atom stereocenters. The van der Waals surface area contributed by atoms with Crippen molar-refractivity contribution < 1.29 is 19.3 Å². The maximum Gasteiger partial charge on any atom is 0.270 e. The Bertz CT molecular complexity index is 1320. The number of nitro groups is 1. The van der Waals surface area contributed by atoms with Gasteiger partial charge in [-0.05, 0) is 37.1 Å². The lowest BCUT2D eigenvalue weighted by Gasteiger charge is -2.17. The molecule has 1 fully saturated rings. The fourth-order valence-electron chi connectivity index (χ4n) is 4.16. The third kappa shape index (κ3) is 3.59. The number of fused-ring (bicyclic) bond motifs is 2. The number of hydrazine groups is 1. The molecule has 0 radical (unpaired) electrons. The second kappa shape index (κ2) is 7.86. The molecule has 3 N–H and O–H groups in total. The van der Waals surface area contributed by atoms with Crippen molar-refractivity contribution in [2.24, 2.45) is 11.8 Å². The first-order chi connectivity index (χ1) is 15.9. The molecule has 11 nitrogen and oxygen atoms in total. The summed E-state index contributed by atoms with van der Waals surface area (Å²) in [4.78, 5) is 48.7. The molecule has 3 aromatic rings. The van der Waals surface area contributed by atoms with Gasteiger partial charge in [0.25, 0.3) is 23.4 Å². The smallest absolute Gasteiger partial charge is 0.270 e. The highest BCUT2D eigenvalue weighted by molar-refractivity contribution is 6.09. The van der Waals surface area contributed by atoms with Gasteiger partial charge in [-0.2, -0.15) is 10.1 Å². The van der Waals surface area contributed by atoms with Gasteiger partial charge in [0.05, 0.1) is 33.3 Å². The summed E-state index contributed by atoms with van der Waals surface area (Å²) in [5.74, 6) is -1.64. The van der Waals surface area contributed by atoms with Crippen molar-refractivity contribution in [3.63, 3.8) is 0 Å². The van der Waals surface area contributed by atoms with Gasteiger partial charge < -0.3 is 5.32 Å². The SMILES string of the molecule is O=C(Nc1n[nH]c2ccc([N+](=O)[O-])cc12)c1cccc(NN2C(=O)[C@H]3CC=CC[C@@H]3C2=O)c1. The van der Waals surface area contributed by atoms with Crippen molar-refractivity contribution in [1.82, 2.24) is 15.2 Å². The number of non-ortho nitro benzene ring substituents is 1. The second-order valence-electron chi connectivity index (χ2n) is 7.87. The van der Waals surface area contributed by atoms with Crippen LogP contribution < -0.4 is 10.7 Å². The number of nitrogens with zero attached hydrogens (tertiary/aromatic N) is 3. The number of aromatic amines is 1. The van der Waals surface area contributed by atoms with E-state index in [0.29, 0.717) is 29.4 Å². The Balaban J connectivity index is 1.34. The molecule has 33 heavy (non-hydrogen) atoms. The Morgan fingerprint density at radius 1 is 1.09 bits per heavy atom. The molecule has 2 heterocycles. The molecule has 11 heteroatoms. The van der Waals surface area contributed by atoms with Crippen molar-refractivity contribution in [3.05, 3.63) is 70.3 Å². The Labute approximate surface area is 186 Å². The summed E-state index contributed by atoms with van der Waals surface area (Å²) in [6.07, 6.45) is 4.89. The largest absolute Gasteiger partial charge is 0.305 e. The zero-order chi connectivity index (χ0) is 23.1. The van der Waals surface area contributed by atoms with Crippen LogP contribution in [0, 0.1) is 22.0 Å². The summed E-state index contributed by atoms with van der Waals surface area (Å²) in [6.45, 7) is 0. The first kappa shape index (κ1) is 20.4. The van der Waals surface area contributed by atoms with Gasteiger partial charge >= 0.3 is 0 Å². The molecule has 5 rings (SSSR count). The Kier molecular flexibility index (Phi) is 4.85. The quantitative estimate of drug-likeness (QED) is 0.236. The van der Waals surface area contributed by atoms with Crippen LogP contribution in [0.3, 0.4) is 0 Å². The Morgan fingerprint density at radius 2 is 1.82 bits per heavy atom. The van der Waals surface area contributed by atoms with Crippen molar-refractivity contribution in [1.29, 1.82) is 0 Å². The highest BCUT2D eigenvalue weighted by Gasteiger charge is 2.47. The first-order valence-corrected chi connectivity index (χ1v) is 10.3. The molecule has 1 saturated heterocycles. The minimum absolute atomic E-state index is 0.124. The average Bonchev–Trinajstić information content (AvgIpc) is 3.33. The standard InChI is InChI=1S/C22H18N6O5/c29-20(23-19-17-11-14(28(32)33)8-9-18(17)24-25-19)12-4-3-5-13(10-12)26-27-21(30)15-6-1-2-7-16(15)22(27)31/h1-5,8-11,15-16,26H,6-7H2,(H2,23,24,25,29)/t15-,16-/m0/s1. The number of amides is 3. The number of anilines is 2. The van der Waals surface area contributed by atoms with Crippen LogP contribution in [-0.2, 0) is 9.59 Å². The summed E-state index contributed by atoms with van der Waals surface area (Å²) in [5, 5.41) is 21.9. The third-order valence-corrected chi connectivity index (χ3v) is 5.86. The van der Waals surface area contributed by atoms with E-state index >= 15 is 0 Å². The van der Waals surface area contributed by atoms with E-state index in [1.165, 1.54) is 24.3 Å². The topological polar surface area (TPSA) is 150 Å². The predicted octanol–water partition coefficient (Wildman–Crippen LogP) is 3.00. The number of carbonyl (C=O) groups is 3. The maximum atomic E-state index is 12.8. The lowest BCUT2D eigenvalue weighted by Crippen LogP contribution is -2.36. The van der Waals surface area contributed by atoms with Crippen LogP contribution in [0.5, 0.6) is 0 Å². The maximum absolute atomic E-state index is 12.8. The molecule has 2 aliphatic rings. The molecule has 2 atom stereocenters. The molecule has 2 aromatic carbocycles. The summed E-state index contributed by atoms with van der Waals surface area (Å²) in [5.41, 5.74) is 3.89. The minimum Gasteiger partial charge on any atom is -0.305 e. The van der Waals surface area contributed by atoms with Gasteiger partial charge in [-0.25, -0.2) is 0 Å². The van der Waals surface area contributed by atoms with Gasteiger partial charge in [-0.15, -0.1) is 0 Å². The number of nitro benzene ring substituents is 1. The molecular weight excluding hydrogens is 428 g/mol. The number of aromatic nitrogens is 2. The van der Waals surface area contributed by atoms with E-state index in [2.05, 4.69) is 20.9 Å². The number of hydrogen-bond donors (Lipinski definition) is 3. The van der Waals surface area contributed by atoms with E-state index < -0.39 is 10.8 Å². The molecule has 0 saturated carbocycles. The predicted molar refractivity (Wildman–Crippen MR) is 118 cm³/mol. The van der Waals surface area contributed by atoms with Gasteiger partial charge in [-0.1, -0.05) is 18.2 Å². The molecule has 0 spiro atoms. The van der Waals surface area contributed by atoms with Gasteiger partial charge in [0.2, 0.25) is 0 Å². The van der Waals surface area contributed by atoms with Gasteiger partial charge in [-0.3, -0.25) is 35.0 Å². The first-order valence-electron chi connectivity index (χ1n) is 10.3.